The Morgan fingerprint density at radius 1 is 0.958 bits per heavy atom. The van der Waals surface area contributed by atoms with E-state index in [0.29, 0.717) is 17.7 Å². The predicted octanol–water partition coefficient (Wildman–Crippen LogP) is 4.55. The van der Waals surface area contributed by atoms with Gasteiger partial charge in [0.15, 0.2) is 5.78 Å². The molecule has 0 radical (unpaired) electrons. The molecule has 122 valence electrons. The first-order valence-corrected chi connectivity index (χ1v) is 7.87. The molecule has 0 saturated heterocycles. The molecule has 0 amide bonds. The average Bonchev–Trinajstić information content (AvgIpc) is 2.62. The van der Waals surface area contributed by atoms with Crippen molar-refractivity contribution in [2.24, 2.45) is 0 Å². The number of rotatable bonds is 6. The zero-order valence-corrected chi connectivity index (χ0v) is 13.9. The number of Topliss-reactive ketones (excluding diaryl/α,β-unsaturated/α-hetero) is 1. The van der Waals surface area contributed by atoms with Gasteiger partial charge in [-0.25, -0.2) is 4.79 Å². The van der Waals surface area contributed by atoms with Gasteiger partial charge in [-0.15, -0.1) is 0 Å². The van der Waals surface area contributed by atoms with Crippen LogP contribution in [-0.2, 0) is 9.53 Å². The van der Waals surface area contributed by atoms with Gasteiger partial charge in [-0.1, -0.05) is 60.7 Å². The van der Waals surface area contributed by atoms with Crippen molar-refractivity contribution < 1.29 is 14.3 Å². The fourth-order valence-electron chi connectivity index (χ4n) is 2.30. The summed E-state index contributed by atoms with van der Waals surface area (Å²) < 4.78 is 4.83. The van der Waals surface area contributed by atoms with Crippen LogP contribution in [0.15, 0.2) is 66.7 Å². The number of carbonyl (C=O) groups excluding carboxylic acids is 2. The van der Waals surface area contributed by atoms with E-state index in [1.165, 1.54) is 6.08 Å². The van der Waals surface area contributed by atoms with Crippen LogP contribution >= 0.6 is 0 Å². The summed E-state index contributed by atoms with van der Waals surface area (Å²) >= 11 is 0. The second-order valence-electron chi connectivity index (χ2n) is 5.10. The quantitative estimate of drug-likeness (QED) is 0.445. The Balaban J connectivity index is 2.15. The minimum atomic E-state index is -0.377. The van der Waals surface area contributed by atoms with Gasteiger partial charge in [0.05, 0.1) is 6.61 Å². The highest BCUT2D eigenvalue weighted by Gasteiger charge is 2.12. The lowest BCUT2D eigenvalue weighted by Crippen LogP contribution is -2.02. The predicted molar refractivity (Wildman–Crippen MR) is 96.5 cm³/mol. The maximum absolute atomic E-state index is 12.7. The summed E-state index contributed by atoms with van der Waals surface area (Å²) in [5.74, 6) is -0.400. The molecule has 0 saturated carbocycles. The summed E-state index contributed by atoms with van der Waals surface area (Å²) in [5, 5.41) is 0. The molecule has 0 spiro atoms. The van der Waals surface area contributed by atoms with E-state index in [2.05, 4.69) is 0 Å². The van der Waals surface area contributed by atoms with E-state index in [-0.39, 0.29) is 11.8 Å². The van der Waals surface area contributed by atoms with Crippen molar-refractivity contribution in [2.75, 3.05) is 6.61 Å². The monoisotopic (exact) mass is 320 g/mol. The summed E-state index contributed by atoms with van der Waals surface area (Å²) in [7, 11) is 0. The van der Waals surface area contributed by atoms with Crippen molar-refractivity contribution in [3.05, 3.63) is 83.4 Å². The first kappa shape index (κ1) is 17.4. The minimum Gasteiger partial charge on any atom is -0.463 e. The zero-order chi connectivity index (χ0) is 17.4. The van der Waals surface area contributed by atoms with Crippen LogP contribution in [-0.4, -0.2) is 18.4 Å². The Kier molecular flexibility index (Phi) is 6.26. The van der Waals surface area contributed by atoms with Gasteiger partial charge in [-0.05, 0) is 31.1 Å². The third-order valence-electron chi connectivity index (χ3n) is 3.49. The fourth-order valence-corrected chi connectivity index (χ4v) is 2.30. The lowest BCUT2D eigenvalue weighted by molar-refractivity contribution is -0.137. The number of carbonyl (C=O) groups is 2. The molecule has 0 aliphatic heterocycles. The Hall–Kier alpha value is -2.94. The number of hydrogen-bond donors (Lipinski definition) is 0. The van der Waals surface area contributed by atoms with Gasteiger partial charge in [-0.3, -0.25) is 4.79 Å². The first-order valence-electron chi connectivity index (χ1n) is 7.87. The standard InChI is InChI=1S/C21H20O3/c1-3-19(17-8-6-5-7-9-17)21(23)18-13-10-16(11-14-18)12-15-20(22)24-4-2/h3,5-15H,4H2,1-2H3. The zero-order valence-electron chi connectivity index (χ0n) is 13.9. The number of hydrogen-bond acceptors (Lipinski definition) is 3. The molecule has 0 heterocycles. The van der Waals surface area contributed by atoms with Crippen LogP contribution in [0.1, 0.15) is 35.3 Å². The van der Waals surface area contributed by atoms with Crippen molar-refractivity contribution in [3.8, 4) is 0 Å². The summed E-state index contributed by atoms with van der Waals surface area (Å²) in [6, 6.07) is 16.7. The summed E-state index contributed by atoms with van der Waals surface area (Å²) in [6.07, 6.45) is 4.87. The van der Waals surface area contributed by atoms with E-state index in [9.17, 15) is 9.59 Å². The Labute approximate surface area is 142 Å². The van der Waals surface area contributed by atoms with Crippen molar-refractivity contribution in [1.29, 1.82) is 0 Å². The summed E-state index contributed by atoms with van der Waals surface area (Å²) in [6.45, 7) is 3.97. The highest BCUT2D eigenvalue weighted by molar-refractivity contribution is 6.28. The summed E-state index contributed by atoms with van der Waals surface area (Å²) in [4.78, 5) is 24.0. The van der Waals surface area contributed by atoms with Crippen LogP contribution in [0, 0.1) is 0 Å². The van der Waals surface area contributed by atoms with Gasteiger partial charge >= 0.3 is 5.97 Å². The molecule has 0 unspecified atom stereocenters. The van der Waals surface area contributed by atoms with Gasteiger partial charge in [-0.2, -0.15) is 0 Å². The van der Waals surface area contributed by atoms with E-state index >= 15 is 0 Å². The lowest BCUT2D eigenvalue weighted by Gasteiger charge is -2.07. The van der Waals surface area contributed by atoms with E-state index < -0.39 is 0 Å². The van der Waals surface area contributed by atoms with Crippen molar-refractivity contribution >= 4 is 23.4 Å². The van der Waals surface area contributed by atoms with Crippen molar-refractivity contribution in [2.45, 2.75) is 13.8 Å². The Bertz CT molecular complexity index is 753. The Morgan fingerprint density at radius 3 is 2.21 bits per heavy atom. The number of ether oxygens (including phenoxy) is 1. The fraction of sp³-hybridized carbons (Fsp3) is 0.143. The molecule has 0 aliphatic carbocycles. The van der Waals surface area contributed by atoms with Crippen LogP contribution in [0.25, 0.3) is 11.6 Å². The molecule has 2 rings (SSSR count). The Morgan fingerprint density at radius 2 is 1.62 bits per heavy atom. The topological polar surface area (TPSA) is 43.4 Å². The molecule has 2 aromatic rings. The van der Waals surface area contributed by atoms with Crippen LogP contribution in [0.4, 0.5) is 0 Å². The van der Waals surface area contributed by atoms with Crippen LogP contribution < -0.4 is 0 Å². The largest absolute Gasteiger partial charge is 0.463 e. The smallest absolute Gasteiger partial charge is 0.330 e. The molecule has 0 fully saturated rings. The maximum atomic E-state index is 12.7. The van der Waals surface area contributed by atoms with Gasteiger partial charge in [0.25, 0.3) is 0 Å². The molecule has 3 heteroatoms. The number of esters is 1. The molecule has 0 bridgehead atoms. The van der Waals surface area contributed by atoms with E-state index in [1.54, 1.807) is 37.3 Å². The first-order chi connectivity index (χ1) is 11.7. The van der Waals surface area contributed by atoms with E-state index in [0.717, 1.165) is 11.1 Å². The van der Waals surface area contributed by atoms with Crippen molar-refractivity contribution in [3.63, 3.8) is 0 Å². The molecule has 2 aromatic carbocycles. The number of ketones is 1. The molecule has 0 aliphatic rings. The molecule has 0 N–H and O–H groups in total. The third-order valence-corrected chi connectivity index (χ3v) is 3.49. The number of benzene rings is 2. The van der Waals surface area contributed by atoms with Crippen LogP contribution in [0.2, 0.25) is 0 Å². The second-order valence-corrected chi connectivity index (χ2v) is 5.10. The van der Waals surface area contributed by atoms with E-state index in [4.69, 9.17) is 4.74 Å². The molecule has 0 aromatic heterocycles. The average molecular weight is 320 g/mol. The highest BCUT2D eigenvalue weighted by atomic mass is 16.5. The lowest BCUT2D eigenvalue weighted by atomic mass is 9.96. The van der Waals surface area contributed by atoms with Crippen molar-refractivity contribution in [1.82, 2.24) is 0 Å². The third kappa shape index (κ3) is 4.53. The second kappa shape index (κ2) is 8.63. The normalized spacial score (nSPS) is 11.5. The van der Waals surface area contributed by atoms with Gasteiger partial charge in [0.1, 0.15) is 0 Å². The molecular formula is C21H20O3. The summed E-state index contributed by atoms with van der Waals surface area (Å²) in [5.41, 5.74) is 3.02. The molecular weight excluding hydrogens is 300 g/mol. The van der Waals surface area contributed by atoms with Gasteiger partial charge in [0, 0.05) is 17.2 Å². The maximum Gasteiger partial charge on any atom is 0.330 e. The highest BCUT2D eigenvalue weighted by Crippen LogP contribution is 2.20. The number of allylic oxidation sites excluding steroid dienone is 2. The molecule has 0 atom stereocenters. The van der Waals surface area contributed by atoms with Crippen LogP contribution in [0.5, 0.6) is 0 Å². The van der Waals surface area contributed by atoms with Gasteiger partial charge < -0.3 is 4.74 Å². The molecule has 3 nitrogen and oxygen atoms in total. The minimum absolute atomic E-state index is 0.0235. The van der Waals surface area contributed by atoms with Crippen LogP contribution in [0.3, 0.4) is 0 Å². The molecule has 24 heavy (non-hydrogen) atoms. The SMILES string of the molecule is CC=C(C(=O)c1ccc(C=CC(=O)OCC)cc1)c1ccccc1. The van der Waals surface area contributed by atoms with Gasteiger partial charge in [0.2, 0.25) is 0 Å². The van der Waals surface area contributed by atoms with E-state index in [1.807, 2.05) is 43.3 Å².